The van der Waals surface area contributed by atoms with E-state index in [-0.39, 0.29) is 5.91 Å². The molecule has 1 aromatic heterocycles. The standard InChI is InChI=1S/C21H23N3O2S/c1-16-6-5-9-18-20(16)22-21(27-18)24(14-17-7-3-2-4-8-17)19(25)15-23-10-12-26-13-11-23/h2-9H,10-15H2,1H3. The number of amides is 1. The van der Waals surface area contributed by atoms with Crippen LogP contribution < -0.4 is 4.90 Å². The molecule has 0 saturated carbocycles. The zero-order chi connectivity index (χ0) is 18.6. The third kappa shape index (κ3) is 4.18. The summed E-state index contributed by atoms with van der Waals surface area (Å²) in [6.07, 6.45) is 0. The molecule has 27 heavy (non-hydrogen) atoms. The Labute approximate surface area is 163 Å². The summed E-state index contributed by atoms with van der Waals surface area (Å²) in [7, 11) is 0. The molecule has 0 N–H and O–H groups in total. The van der Waals surface area contributed by atoms with Crippen molar-refractivity contribution in [3.05, 3.63) is 59.7 Å². The summed E-state index contributed by atoms with van der Waals surface area (Å²) >= 11 is 1.58. The van der Waals surface area contributed by atoms with Crippen molar-refractivity contribution >= 4 is 32.6 Å². The van der Waals surface area contributed by atoms with Crippen LogP contribution >= 0.6 is 11.3 Å². The fourth-order valence-corrected chi connectivity index (χ4v) is 4.31. The summed E-state index contributed by atoms with van der Waals surface area (Å²) in [4.78, 5) is 22.0. The van der Waals surface area contributed by atoms with Crippen molar-refractivity contribution in [2.45, 2.75) is 13.5 Å². The monoisotopic (exact) mass is 381 g/mol. The number of rotatable bonds is 5. The van der Waals surface area contributed by atoms with Gasteiger partial charge in [0.15, 0.2) is 5.13 Å². The van der Waals surface area contributed by atoms with Gasteiger partial charge in [-0.15, -0.1) is 0 Å². The van der Waals surface area contributed by atoms with Gasteiger partial charge in [0.05, 0.1) is 36.5 Å². The topological polar surface area (TPSA) is 45.7 Å². The van der Waals surface area contributed by atoms with E-state index in [1.807, 2.05) is 41.3 Å². The molecule has 5 nitrogen and oxygen atoms in total. The number of hydrogen-bond acceptors (Lipinski definition) is 5. The van der Waals surface area contributed by atoms with Crippen molar-refractivity contribution in [1.82, 2.24) is 9.88 Å². The molecule has 2 aromatic carbocycles. The van der Waals surface area contributed by atoms with Crippen LogP contribution in [-0.4, -0.2) is 48.6 Å². The number of carbonyl (C=O) groups is 1. The molecule has 3 aromatic rings. The lowest BCUT2D eigenvalue weighted by Gasteiger charge is -2.28. The minimum absolute atomic E-state index is 0.0810. The Morgan fingerprint density at radius 1 is 1.15 bits per heavy atom. The Kier molecular flexibility index (Phi) is 5.48. The molecule has 0 atom stereocenters. The molecule has 4 rings (SSSR count). The molecule has 1 aliphatic heterocycles. The SMILES string of the molecule is Cc1cccc2sc(N(Cc3ccccc3)C(=O)CN3CCOCC3)nc12. The highest BCUT2D eigenvalue weighted by Gasteiger charge is 2.23. The van der Waals surface area contributed by atoms with Gasteiger partial charge in [-0.2, -0.15) is 0 Å². The summed E-state index contributed by atoms with van der Waals surface area (Å²) in [5, 5.41) is 0.765. The van der Waals surface area contributed by atoms with Gasteiger partial charge in [-0.1, -0.05) is 53.8 Å². The lowest BCUT2D eigenvalue weighted by Crippen LogP contribution is -2.44. The molecule has 1 aliphatic rings. The van der Waals surface area contributed by atoms with Crippen LogP contribution in [0.2, 0.25) is 0 Å². The van der Waals surface area contributed by atoms with Crippen molar-refractivity contribution < 1.29 is 9.53 Å². The highest BCUT2D eigenvalue weighted by Crippen LogP contribution is 2.31. The van der Waals surface area contributed by atoms with E-state index in [1.165, 1.54) is 0 Å². The van der Waals surface area contributed by atoms with Gasteiger partial charge >= 0.3 is 0 Å². The molecule has 2 heterocycles. The van der Waals surface area contributed by atoms with Crippen LogP contribution in [0.15, 0.2) is 48.5 Å². The predicted octanol–water partition coefficient (Wildman–Crippen LogP) is 3.47. The third-order valence-electron chi connectivity index (χ3n) is 4.79. The Bertz CT molecular complexity index is 920. The maximum atomic E-state index is 13.2. The number of nitrogens with zero attached hydrogens (tertiary/aromatic N) is 3. The smallest absolute Gasteiger partial charge is 0.243 e. The number of aromatic nitrogens is 1. The van der Waals surface area contributed by atoms with Crippen molar-refractivity contribution in [3.8, 4) is 0 Å². The second-order valence-corrected chi connectivity index (χ2v) is 7.78. The number of benzene rings is 2. The summed E-state index contributed by atoms with van der Waals surface area (Å²) in [6.45, 7) is 5.95. The van der Waals surface area contributed by atoms with Crippen molar-refractivity contribution in [2.24, 2.45) is 0 Å². The van der Waals surface area contributed by atoms with Crippen LogP contribution in [0.3, 0.4) is 0 Å². The maximum Gasteiger partial charge on any atom is 0.243 e. The molecular weight excluding hydrogens is 358 g/mol. The molecule has 0 bridgehead atoms. The number of morpholine rings is 1. The van der Waals surface area contributed by atoms with E-state index in [1.54, 1.807) is 11.3 Å². The number of hydrogen-bond donors (Lipinski definition) is 0. The van der Waals surface area contributed by atoms with Gasteiger partial charge in [0.1, 0.15) is 0 Å². The summed E-state index contributed by atoms with van der Waals surface area (Å²) < 4.78 is 6.51. The lowest BCUT2D eigenvalue weighted by molar-refractivity contribution is -0.120. The zero-order valence-electron chi connectivity index (χ0n) is 15.4. The lowest BCUT2D eigenvalue weighted by atomic mass is 10.2. The van der Waals surface area contributed by atoms with Crippen LogP contribution in [0.1, 0.15) is 11.1 Å². The third-order valence-corrected chi connectivity index (χ3v) is 5.83. The second-order valence-electron chi connectivity index (χ2n) is 6.77. The van der Waals surface area contributed by atoms with Crippen molar-refractivity contribution in [2.75, 3.05) is 37.7 Å². The number of fused-ring (bicyclic) bond motifs is 1. The summed E-state index contributed by atoms with van der Waals surface area (Å²) in [5.41, 5.74) is 3.22. The van der Waals surface area contributed by atoms with E-state index < -0.39 is 0 Å². The van der Waals surface area contributed by atoms with Crippen LogP contribution in [0.25, 0.3) is 10.2 Å². The van der Waals surface area contributed by atoms with Crippen molar-refractivity contribution in [1.29, 1.82) is 0 Å². The fraction of sp³-hybridized carbons (Fsp3) is 0.333. The van der Waals surface area contributed by atoms with Crippen molar-refractivity contribution in [3.63, 3.8) is 0 Å². The Morgan fingerprint density at radius 2 is 1.93 bits per heavy atom. The van der Waals surface area contributed by atoms with Gasteiger partial charge in [0, 0.05) is 13.1 Å². The fourth-order valence-electron chi connectivity index (χ4n) is 3.25. The number of para-hydroxylation sites is 1. The average Bonchev–Trinajstić information content (AvgIpc) is 3.13. The van der Waals surface area contributed by atoms with E-state index in [9.17, 15) is 4.79 Å². The quantitative estimate of drug-likeness (QED) is 0.679. The van der Waals surface area contributed by atoms with Gasteiger partial charge in [-0.3, -0.25) is 14.6 Å². The van der Waals surface area contributed by atoms with Gasteiger partial charge in [0.2, 0.25) is 5.91 Å². The normalized spacial score (nSPS) is 15.1. The van der Waals surface area contributed by atoms with Crippen LogP contribution in [0.4, 0.5) is 5.13 Å². The zero-order valence-corrected chi connectivity index (χ0v) is 16.2. The first-order valence-electron chi connectivity index (χ1n) is 9.21. The van der Waals surface area contributed by atoms with Crippen LogP contribution in [0.5, 0.6) is 0 Å². The summed E-state index contributed by atoms with van der Waals surface area (Å²) in [5.74, 6) is 0.0810. The molecule has 0 unspecified atom stereocenters. The van der Waals surface area contributed by atoms with E-state index >= 15 is 0 Å². The van der Waals surface area contributed by atoms with Gasteiger partial charge in [0.25, 0.3) is 0 Å². The molecule has 1 amide bonds. The highest BCUT2D eigenvalue weighted by atomic mass is 32.1. The second kappa shape index (κ2) is 8.17. The first-order chi connectivity index (χ1) is 13.2. The molecule has 140 valence electrons. The average molecular weight is 382 g/mol. The van der Waals surface area contributed by atoms with Gasteiger partial charge < -0.3 is 4.74 Å². The van der Waals surface area contributed by atoms with Crippen LogP contribution in [0, 0.1) is 6.92 Å². The molecule has 0 radical (unpaired) electrons. The molecular formula is C21H23N3O2S. The van der Waals surface area contributed by atoms with Crippen LogP contribution in [-0.2, 0) is 16.1 Å². The Hall–Kier alpha value is -2.28. The highest BCUT2D eigenvalue weighted by molar-refractivity contribution is 7.22. The molecule has 6 heteroatoms. The number of carbonyl (C=O) groups excluding carboxylic acids is 1. The van der Waals surface area contributed by atoms with E-state index in [0.717, 1.165) is 39.6 Å². The van der Waals surface area contributed by atoms with E-state index in [4.69, 9.17) is 9.72 Å². The number of aryl methyl sites for hydroxylation is 1. The molecule has 0 aliphatic carbocycles. The number of anilines is 1. The largest absolute Gasteiger partial charge is 0.379 e. The first kappa shape index (κ1) is 18.1. The molecule has 1 saturated heterocycles. The Morgan fingerprint density at radius 3 is 2.67 bits per heavy atom. The molecule has 1 fully saturated rings. The van der Waals surface area contributed by atoms with Gasteiger partial charge in [-0.05, 0) is 24.1 Å². The predicted molar refractivity (Wildman–Crippen MR) is 109 cm³/mol. The summed E-state index contributed by atoms with van der Waals surface area (Å²) in [6, 6.07) is 16.3. The Balaban J connectivity index is 1.63. The maximum absolute atomic E-state index is 13.2. The molecule has 0 spiro atoms. The minimum atomic E-state index is 0.0810. The van der Waals surface area contributed by atoms with E-state index in [2.05, 4.69) is 24.0 Å². The number of ether oxygens (including phenoxy) is 1. The minimum Gasteiger partial charge on any atom is -0.379 e. The van der Waals surface area contributed by atoms with Gasteiger partial charge in [-0.25, -0.2) is 4.98 Å². The van der Waals surface area contributed by atoms with E-state index in [0.29, 0.717) is 26.3 Å². The first-order valence-corrected chi connectivity index (χ1v) is 10.0. The number of thiazole rings is 1.